The zero-order chi connectivity index (χ0) is 16.0. The second-order valence-corrected chi connectivity index (χ2v) is 4.77. The Bertz CT molecular complexity index is 527. The number of Topliss-reactive ketones (excluding diaryl/α,β-unsaturated/α-hetero) is 2. The average molecular weight is 295 g/mol. The highest BCUT2D eigenvalue weighted by atomic mass is 19.1. The molecule has 0 aliphatic heterocycles. The third-order valence-corrected chi connectivity index (χ3v) is 3.26. The van der Waals surface area contributed by atoms with Gasteiger partial charge < -0.3 is 10.8 Å². The molecule has 1 aromatic carbocycles. The molecule has 2 atom stereocenters. The molecular weight excluding hydrogens is 277 g/mol. The van der Waals surface area contributed by atoms with Crippen molar-refractivity contribution < 1.29 is 23.9 Å². The lowest BCUT2D eigenvalue weighted by atomic mass is 9.91. The summed E-state index contributed by atoms with van der Waals surface area (Å²) in [4.78, 5) is 34.1. The van der Waals surface area contributed by atoms with Gasteiger partial charge in [0.2, 0.25) is 0 Å². The predicted molar refractivity (Wildman–Crippen MR) is 74.9 cm³/mol. The number of carboxylic acid groups (broad SMARTS) is 1. The van der Waals surface area contributed by atoms with Gasteiger partial charge in [-0.3, -0.25) is 14.4 Å². The molecule has 21 heavy (non-hydrogen) atoms. The number of hydrogen-bond donors (Lipinski definition) is 2. The number of alkyl halides is 1. The molecule has 3 N–H and O–H groups in total. The van der Waals surface area contributed by atoms with Crippen LogP contribution in [0.4, 0.5) is 4.39 Å². The van der Waals surface area contributed by atoms with Crippen molar-refractivity contribution in [3.63, 3.8) is 0 Å². The van der Waals surface area contributed by atoms with Gasteiger partial charge in [0.15, 0.2) is 11.6 Å². The summed E-state index contributed by atoms with van der Waals surface area (Å²) in [6, 6.07) is 5.16. The molecule has 0 spiro atoms. The molecule has 0 saturated heterocycles. The van der Waals surface area contributed by atoms with Gasteiger partial charge in [-0.1, -0.05) is 31.2 Å². The van der Waals surface area contributed by atoms with Gasteiger partial charge >= 0.3 is 5.97 Å². The number of carbonyl (C=O) groups is 3. The van der Waals surface area contributed by atoms with E-state index in [2.05, 4.69) is 0 Å². The van der Waals surface area contributed by atoms with Crippen molar-refractivity contribution >= 4 is 17.5 Å². The van der Waals surface area contributed by atoms with Crippen molar-refractivity contribution in [2.24, 2.45) is 11.7 Å². The Morgan fingerprint density at radius 2 is 1.81 bits per heavy atom. The number of rotatable bonds is 8. The molecule has 2 unspecified atom stereocenters. The van der Waals surface area contributed by atoms with Gasteiger partial charge in [0.05, 0.1) is 5.92 Å². The van der Waals surface area contributed by atoms with E-state index in [1.807, 2.05) is 0 Å². The molecule has 0 bridgehead atoms. The van der Waals surface area contributed by atoms with Crippen molar-refractivity contribution in [2.75, 3.05) is 6.67 Å². The number of benzene rings is 1. The number of nitrogens with two attached hydrogens (primary N) is 1. The summed E-state index contributed by atoms with van der Waals surface area (Å²) >= 11 is 0. The van der Waals surface area contributed by atoms with Crippen molar-refractivity contribution in [1.29, 1.82) is 0 Å². The summed E-state index contributed by atoms with van der Waals surface area (Å²) in [5.74, 6) is -3.22. The molecule has 0 saturated carbocycles. The summed E-state index contributed by atoms with van der Waals surface area (Å²) in [5.41, 5.74) is 6.40. The molecule has 114 valence electrons. The maximum atomic E-state index is 12.4. The number of aliphatic carboxylic acids is 1. The number of carboxylic acids is 1. The molecule has 0 amide bonds. The van der Waals surface area contributed by atoms with Crippen LogP contribution in [0.3, 0.4) is 0 Å². The highest BCUT2D eigenvalue weighted by Gasteiger charge is 2.25. The Morgan fingerprint density at radius 1 is 1.24 bits per heavy atom. The van der Waals surface area contributed by atoms with E-state index < -0.39 is 36.2 Å². The Hall–Kier alpha value is -2.08. The Kier molecular flexibility index (Phi) is 6.17. The highest BCUT2D eigenvalue weighted by Crippen LogP contribution is 2.15. The third kappa shape index (κ3) is 4.46. The molecule has 0 fully saturated rings. The molecule has 0 radical (unpaired) electrons. The third-order valence-electron chi connectivity index (χ3n) is 3.26. The molecule has 0 aliphatic carbocycles. The fraction of sp³-hybridized carbons (Fsp3) is 0.400. The topological polar surface area (TPSA) is 97.5 Å². The first-order valence-corrected chi connectivity index (χ1v) is 6.60. The number of hydrogen-bond acceptors (Lipinski definition) is 4. The monoisotopic (exact) mass is 295 g/mol. The van der Waals surface area contributed by atoms with Crippen LogP contribution in [0.2, 0.25) is 0 Å². The first kappa shape index (κ1) is 17.0. The second kappa shape index (κ2) is 7.64. The van der Waals surface area contributed by atoms with Crippen molar-refractivity contribution in [3.8, 4) is 0 Å². The van der Waals surface area contributed by atoms with Crippen LogP contribution in [0.25, 0.3) is 0 Å². The van der Waals surface area contributed by atoms with Crippen LogP contribution in [0.15, 0.2) is 24.3 Å². The van der Waals surface area contributed by atoms with Crippen LogP contribution in [-0.4, -0.2) is 35.4 Å². The molecule has 0 aliphatic rings. The minimum atomic E-state index is -1.16. The lowest BCUT2D eigenvalue weighted by Crippen LogP contribution is -2.32. The maximum absolute atomic E-state index is 12.4. The van der Waals surface area contributed by atoms with Gasteiger partial charge in [-0.15, -0.1) is 0 Å². The van der Waals surface area contributed by atoms with Crippen LogP contribution in [0, 0.1) is 5.92 Å². The molecule has 1 aromatic rings. The lowest BCUT2D eigenvalue weighted by molar-refractivity contribution is -0.138. The van der Waals surface area contributed by atoms with E-state index in [9.17, 15) is 18.8 Å². The second-order valence-electron chi connectivity index (χ2n) is 4.77. The quantitative estimate of drug-likeness (QED) is 0.558. The zero-order valence-electron chi connectivity index (χ0n) is 11.7. The SMILES string of the molecule is CCC(C(=O)CF)C(=O)c1ccc(CC(N)C(=O)O)cc1. The normalized spacial score (nSPS) is 13.5. The van der Waals surface area contributed by atoms with Gasteiger partial charge in [-0.2, -0.15) is 0 Å². The van der Waals surface area contributed by atoms with E-state index in [0.717, 1.165) is 0 Å². The Labute approximate surface area is 122 Å². The number of halogens is 1. The van der Waals surface area contributed by atoms with Crippen molar-refractivity contribution in [1.82, 2.24) is 0 Å². The standard InChI is InChI=1S/C15H18FNO4/c1-2-11(13(18)8-16)14(19)10-5-3-9(4-6-10)7-12(17)15(20)21/h3-6,11-12H,2,7-8,17H2,1H3,(H,20,21). The largest absolute Gasteiger partial charge is 0.480 e. The maximum Gasteiger partial charge on any atom is 0.320 e. The molecule has 0 heterocycles. The fourth-order valence-electron chi connectivity index (χ4n) is 2.00. The Balaban J connectivity index is 2.84. The van der Waals surface area contributed by atoms with Crippen LogP contribution >= 0.6 is 0 Å². The molecular formula is C15H18FNO4. The van der Waals surface area contributed by atoms with Gasteiger partial charge in [0.25, 0.3) is 0 Å². The van der Waals surface area contributed by atoms with Crippen LogP contribution in [0.1, 0.15) is 29.3 Å². The first-order valence-electron chi connectivity index (χ1n) is 6.60. The van der Waals surface area contributed by atoms with Gasteiger partial charge in [0, 0.05) is 5.56 Å². The fourth-order valence-corrected chi connectivity index (χ4v) is 2.00. The van der Waals surface area contributed by atoms with Gasteiger partial charge in [-0.25, -0.2) is 4.39 Å². The summed E-state index contributed by atoms with van der Waals surface area (Å²) in [6.45, 7) is 0.492. The summed E-state index contributed by atoms with van der Waals surface area (Å²) in [7, 11) is 0. The number of carbonyl (C=O) groups excluding carboxylic acids is 2. The predicted octanol–water partition coefficient (Wildman–Crippen LogP) is 1.39. The van der Waals surface area contributed by atoms with Gasteiger partial charge in [-0.05, 0) is 18.4 Å². The molecule has 6 heteroatoms. The molecule has 0 aromatic heterocycles. The summed E-state index contributed by atoms with van der Waals surface area (Å²) in [6.07, 6.45) is 0.387. The van der Waals surface area contributed by atoms with Crippen LogP contribution < -0.4 is 5.73 Å². The zero-order valence-corrected chi connectivity index (χ0v) is 11.7. The summed E-state index contributed by atoms with van der Waals surface area (Å²) in [5, 5.41) is 8.73. The number of ketones is 2. The molecule has 1 rings (SSSR count). The molecule has 5 nitrogen and oxygen atoms in total. The minimum absolute atomic E-state index is 0.143. The van der Waals surface area contributed by atoms with Crippen LogP contribution in [0.5, 0.6) is 0 Å². The van der Waals surface area contributed by atoms with Crippen molar-refractivity contribution in [3.05, 3.63) is 35.4 Å². The van der Waals surface area contributed by atoms with E-state index in [-0.39, 0.29) is 12.8 Å². The lowest BCUT2D eigenvalue weighted by Gasteiger charge is -2.11. The summed E-state index contributed by atoms with van der Waals surface area (Å²) < 4.78 is 12.4. The minimum Gasteiger partial charge on any atom is -0.480 e. The van der Waals surface area contributed by atoms with E-state index in [0.29, 0.717) is 11.1 Å². The van der Waals surface area contributed by atoms with Gasteiger partial charge in [0.1, 0.15) is 12.7 Å². The van der Waals surface area contributed by atoms with E-state index in [1.54, 1.807) is 19.1 Å². The average Bonchev–Trinajstić information content (AvgIpc) is 2.48. The first-order chi connectivity index (χ1) is 9.90. The van der Waals surface area contributed by atoms with Crippen molar-refractivity contribution in [2.45, 2.75) is 25.8 Å². The van der Waals surface area contributed by atoms with E-state index in [4.69, 9.17) is 10.8 Å². The Morgan fingerprint density at radius 3 is 2.24 bits per heavy atom. The smallest absolute Gasteiger partial charge is 0.320 e. The highest BCUT2D eigenvalue weighted by molar-refractivity contribution is 6.10. The van der Waals surface area contributed by atoms with E-state index in [1.165, 1.54) is 12.1 Å². The van der Waals surface area contributed by atoms with Crippen LogP contribution in [-0.2, 0) is 16.0 Å². The van der Waals surface area contributed by atoms with E-state index >= 15 is 0 Å².